The van der Waals surface area contributed by atoms with Crippen LogP contribution in [0.2, 0.25) is 5.02 Å². The van der Waals surface area contributed by atoms with Crippen LogP contribution in [0.25, 0.3) is 0 Å². The summed E-state index contributed by atoms with van der Waals surface area (Å²) in [5.74, 6) is 0. The van der Waals surface area contributed by atoms with Crippen molar-refractivity contribution in [2.75, 3.05) is 11.3 Å². The van der Waals surface area contributed by atoms with E-state index in [9.17, 15) is 16.8 Å². The third-order valence-corrected chi connectivity index (χ3v) is 8.73. The number of sulfonamides is 2. The van der Waals surface area contributed by atoms with E-state index >= 15 is 0 Å². The number of hydrogen-bond acceptors (Lipinski definition) is 4. The number of nitrogens with zero attached hydrogens (tertiary/aromatic N) is 1. The molecule has 1 aliphatic heterocycles. The van der Waals surface area contributed by atoms with Crippen LogP contribution >= 0.6 is 11.6 Å². The molecule has 0 unspecified atom stereocenters. The van der Waals surface area contributed by atoms with Gasteiger partial charge in [0.25, 0.3) is 10.0 Å². The van der Waals surface area contributed by atoms with E-state index in [2.05, 4.69) is 4.72 Å². The molecule has 4 rings (SSSR count). The lowest BCUT2D eigenvalue weighted by molar-refractivity contribution is 0.391. The Morgan fingerprint density at radius 1 is 0.839 bits per heavy atom. The van der Waals surface area contributed by atoms with Crippen molar-refractivity contribution in [2.24, 2.45) is 0 Å². The minimum Gasteiger partial charge on any atom is -0.280 e. The highest BCUT2D eigenvalue weighted by Crippen LogP contribution is 2.28. The van der Waals surface area contributed by atoms with Gasteiger partial charge in [0.2, 0.25) is 10.0 Å². The largest absolute Gasteiger partial charge is 0.280 e. The monoisotopic (exact) mass is 476 g/mol. The molecule has 0 saturated heterocycles. The molecule has 0 aliphatic carbocycles. The molecule has 3 aromatic rings. The summed E-state index contributed by atoms with van der Waals surface area (Å²) in [6.07, 6.45) is 0.549. The number of benzene rings is 3. The van der Waals surface area contributed by atoms with E-state index in [0.717, 1.165) is 16.7 Å². The predicted octanol–water partition coefficient (Wildman–Crippen LogP) is 4.20. The second-order valence-corrected chi connectivity index (χ2v) is 11.5. The van der Waals surface area contributed by atoms with E-state index in [0.29, 0.717) is 23.7 Å². The maximum atomic E-state index is 13.0. The minimum atomic E-state index is -3.74. The second kappa shape index (κ2) is 8.27. The van der Waals surface area contributed by atoms with Gasteiger partial charge in [0.15, 0.2) is 0 Å². The van der Waals surface area contributed by atoms with E-state index in [-0.39, 0.29) is 16.3 Å². The van der Waals surface area contributed by atoms with Crippen molar-refractivity contribution in [3.05, 3.63) is 88.4 Å². The van der Waals surface area contributed by atoms with Crippen molar-refractivity contribution >= 4 is 37.3 Å². The van der Waals surface area contributed by atoms with E-state index in [1.165, 1.54) is 16.4 Å². The van der Waals surface area contributed by atoms with Crippen molar-refractivity contribution in [2.45, 2.75) is 29.7 Å². The van der Waals surface area contributed by atoms with Crippen LogP contribution in [0, 0.1) is 6.92 Å². The molecule has 0 amide bonds. The van der Waals surface area contributed by atoms with Crippen LogP contribution in [0.1, 0.15) is 16.7 Å². The van der Waals surface area contributed by atoms with Crippen LogP contribution in [0.5, 0.6) is 0 Å². The van der Waals surface area contributed by atoms with Crippen LogP contribution in [0.15, 0.2) is 76.5 Å². The van der Waals surface area contributed by atoms with Crippen molar-refractivity contribution < 1.29 is 16.8 Å². The summed E-state index contributed by atoms with van der Waals surface area (Å²) in [4.78, 5) is 0.347. The molecular formula is C22H21ClN2O4S2. The Bertz CT molecular complexity index is 1320. The second-order valence-electron chi connectivity index (χ2n) is 7.44. The number of halogens is 1. The summed E-state index contributed by atoms with van der Waals surface area (Å²) in [7, 11) is -7.42. The lowest BCUT2D eigenvalue weighted by Crippen LogP contribution is -2.36. The van der Waals surface area contributed by atoms with Crippen LogP contribution in [0.3, 0.4) is 0 Å². The van der Waals surface area contributed by atoms with Crippen molar-refractivity contribution in [3.63, 3.8) is 0 Å². The van der Waals surface area contributed by atoms with Gasteiger partial charge in [-0.05, 0) is 73.0 Å². The van der Waals surface area contributed by atoms with Crippen LogP contribution < -0.4 is 4.72 Å². The molecule has 3 aromatic carbocycles. The van der Waals surface area contributed by atoms with Gasteiger partial charge in [0, 0.05) is 23.8 Å². The quantitative estimate of drug-likeness (QED) is 0.598. The van der Waals surface area contributed by atoms with Gasteiger partial charge in [-0.25, -0.2) is 16.8 Å². The Morgan fingerprint density at radius 2 is 1.48 bits per heavy atom. The van der Waals surface area contributed by atoms with Crippen LogP contribution in [-0.4, -0.2) is 27.7 Å². The summed E-state index contributed by atoms with van der Waals surface area (Å²) < 4.78 is 55.4. The average Bonchev–Trinajstić information content (AvgIpc) is 2.73. The lowest BCUT2D eigenvalue weighted by atomic mass is 10.0. The van der Waals surface area contributed by atoms with Crippen molar-refractivity contribution in [1.82, 2.24) is 4.31 Å². The number of aryl methyl sites for hydroxylation is 1. The number of hydrogen-bond donors (Lipinski definition) is 1. The van der Waals surface area contributed by atoms with Gasteiger partial charge in [-0.3, -0.25) is 4.72 Å². The minimum absolute atomic E-state index is 0.167. The molecule has 31 heavy (non-hydrogen) atoms. The maximum Gasteiger partial charge on any atom is 0.261 e. The van der Waals surface area contributed by atoms with Crippen LogP contribution in [0.4, 0.5) is 5.69 Å². The fourth-order valence-electron chi connectivity index (χ4n) is 3.49. The predicted molar refractivity (Wildman–Crippen MR) is 121 cm³/mol. The smallest absolute Gasteiger partial charge is 0.261 e. The molecule has 0 radical (unpaired) electrons. The standard InChI is InChI=1S/C22H21ClN2O4S2/c1-16-2-8-21(9-3-16)30(26,27)24-20-7-4-17-12-13-25(15-18(17)14-20)31(28,29)22-10-5-19(23)6-11-22/h2-11,14,24H,12-13,15H2,1H3. The molecule has 0 fully saturated rings. The average molecular weight is 477 g/mol. The highest BCUT2D eigenvalue weighted by atomic mass is 35.5. The van der Waals surface area contributed by atoms with E-state index in [1.807, 2.05) is 13.0 Å². The summed E-state index contributed by atoms with van der Waals surface area (Å²) in [6.45, 7) is 2.41. The first kappa shape index (κ1) is 21.8. The van der Waals surface area contributed by atoms with Gasteiger partial charge in [-0.1, -0.05) is 35.4 Å². The number of rotatable bonds is 5. The first-order valence-corrected chi connectivity index (χ1v) is 12.9. The van der Waals surface area contributed by atoms with Crippen LogP contribution in [-0.2, 0) is 33.0 Å². The number of nitrogens with one attached hydrogen (secondary N) is 1. The molecule has 0 saturated carbocycles. The molecule has 0 bridgehead atoms. The topological polar surface area (TPSA) is 83.6 Å². The number of anilines is 1. The first-order chi connectivity index (χ1) is 14.6. The Morgan fingerprint density at radius 3 is 2.16 bits per heavy atom. The normalized spacial score (nSPS) is 14.8. The zero-order valence-electron chi connectivity index (χ0n) is 16.7. The van der Waals surface area contributed by atoms with Gasteiger partial charge in [-0.2, -0.15) is 4.31 Å². The zero-order valence-corrected chi connectivity index (χ0v) is 19.1. The molecule has 162 valence electrons. The van der Waals surface area contributed by atoms with E-state index in [4.69, 9.17) is 11.6 Å². The van der Waals surface area contributed by atoms with E-state index in [1.54, 1.807) is 48.5 Å². The lowest BCUT2D eigenvalue weighted by Gasteiger charge is -2.28. The molecule has 0 atom stereocenters. The Balaban J connectivity index is 1.58. The molecule has 0 aromatic heterocycles. The maximum absolute atomic E-state index is 13.0. The molecule has 6 nitrogen and oxygen atoms in total. The fourth-order valence-corrected chi connectivity index (χ4v) is 6.08. The van der Waals surface area contributed by atoms with Gasteiger partial charge in [-0.15, -0.1) is 0 Å². The molecule has 9 heteroatoms. The summed E-state index contributed by atoms with van der Waals surface area (Å²) in [6, 6.07) is 17.9. The SMILES string of the molecule is Cc1ccc(S(=O)(=O)Nc2ccc3c(c2)CN(S(=O)(=O)c2ccc(Cl)cc2)CC3)cc1. The Hall–Kier alpha value is -2.39. The third-order valence-electron chi connectivity index (χ3n) is 5.22. The van der Waals surface area contributed by atoms with Gasteiger partial charge < -0.3 is 0 Å². The molecule has 1 aliphatic rings. The first-order valence-electron chi connectivity index (χ1n) is 9.62. The Kier molecular flexibility index (Phi) is 5.83. The van der Waals surface area contributed by atoms with Gasteiger partial charge >= 0.3 is 0 Å². The van der Waals surface area contributed by atoms with Gasteiger partial charge in [0.1, 0.15) is 0 Å². The van der Waals surface area contributed by atoms with Crippen molar-refractivity contribution in [1.29, 1.82) is 0 Å². The highest BCUT2D eigenvalue weighted by molar-refractivity contribution is 7.92. The summed E-state index contributed by atoms with van der Waals surface area (Å²) in [5.41, 5.74) is 3.13. The molecule has 1 heterocycles. The van der Waals surface area contributed by atoms with E-state index < -0.39 is 20.0 Å². The number of fused-ring (bicyclic) bond motifs is 1. The van der Waals surface area contributed by atoms with Crippen molar-refractivity contribution in [3.8, 4) is 0 Å². The molecular weight excluding hydrogens is 456 g/mol. The summed E-state index contributed by atoms with van der Waals surface area (Å²) in [5, 5.41) is 0.466. The molecule has 0 spiro atoms. The highest BCUT2D eigenvalue weighted by Gasteiger charge is 2.28. The zero-order chi connectivity index (χ0) is 22.2. The Labute approximate surface area is 187 Å². The molecule has 1 N–H and O–H groups in total. The third kappa shape index (κ3) is 4.62. The van der Waals surface area contributed by atoms with Gasteiger partial charge in [0.05, 0.1) is 9.79 Å². The summed E-state index contributed by atoms with van der Waals surface area (Å²) >= 11 is 5.87. The fraction of sp³-hybridized carbons (Fsp3) is 0.182.